The smallest absolute Gasteiger partial charge is 0.151 e. The van der Waals surface area contributed by atoms with Gasteiger partial charge in [0.15, 0.2) is 5.82 Å². The topological polar surface area (TPSA) is 75.2 Å². The van der Waals surface area contributed by atoms with Crippen LogP contribution in [-0.2, 0) is 6.54 Å². The average molecular weight is 268 g/mol. The highest BCUT2D eigenvalue weighted by atomic mass is 16.5. The van der Waals surface area contributed by atoms with E-state index in [0.717, 1.165) is 11.3 Å². The van der Waals surface area contributed by atoms with Gasteiger partial charge in [-0.1, -0.05) is 12.1 Å². The van der Waals surface area contributed by atoms with Gasteiger partial charge in [0.05, 0.1) is 18.4 Å². The van der Waals surface area contributed by atoms with E-state index in [1.54, 1.807) is 13.2 Å². The Morgan fingerprint density at radius 3 is 2.60 bits per heavy atom. The molecule has 0 radical (unpaired) electrons. The number of aromatic nitrogens is 1. The van der Waals surface area contributed by atoms with Crippen LogP contribution in [0.1, 0.15) is 11.1 Å². The van der Waals surface area contributed by atoms with Crippen molar-refractivity contribution in [2.45, 2.75) is 6.54 Å². The van der Waals surface area contributed by atoms with Crippen LogP contribution in [0.2, 0.25) is 0 Å². The van der Waals surface area contributed by atoms with Gasteiger partial charge >= 0.3 is 0 Å². The van der Waals surface area contributed by atoms with E-state index in [1.165, 1.54) is 6.20 Å². The van der Waals surface area contributed by atoms with E-state index in [4.69, 9.17) is 15.7 Å². The summed E-state index contributed by atoms with van der Waals surface area (Å²) < 4.78 is 5.13. The molecule has 2 N–H and O–H groups in total. The normalized spacial score (nSPS) is 9.85. The first-order valence-electron chi connectivity index (χ1n) is 6.13. The van der Waals surface area contributed by atoms with E-state index in [9.17, 15) is 0 Å². The van der Waals surface area contributed by atoms with Gasteiger partial charge in [-0.05, 0) is 23.8 Å². The number of pyridine rings is 1. The summed E-state index contributed by atoms with van der Waals surface area (Å²) in [6.45, 7) is 0.674. The second kappa shape index (κ2) is 5.93. The summed E-state index contributed by atoms with van der Waals surface area (Å²) >= 11 is 0. The van der Waals surface area contributed by atoms with Crippen molar-refractivity contribution in [2.24, 2.45) is 0 Å². The third kappa shape index (κ3) is 2.98. The molecule has 0 bridgehead atoms. The van der Waals surface area contributed by atoms with Crippen LogP contribution in [0, 0.1) is 11.3 Å². The summed E-state index contributed by atoms with van der Waals surface area (Å²) in [5, 5.41) is 8.81. The fraction of sp³-hybridized carbons (Fsp3) is 0.200. The third-order valence-electron chi connectivity index (χ3n) is 2.96. The van der Waals surface area contributed by atoms with Gasteiger partial charge in [0.2, 0.25) is 0 Å². The van der Waals surface area contributed by atoms with Crippen molar-refractivity contribution in [1.82, 2.24) is 4.98 Å². The molecular weight excluding hydrogens is 252 g/mol. The molecule has 0 aliphatic rings. The van der Waals surface area contributed by atoms with Crippen LogP contribution in [0.3, 0.4) is 0 Å². The summed E-state index contributed by atoms with van der Waals surface area (Å²) in [6.07, 6.45) is 1.52. The molecule has 2 rings (SSSR count). The molecule has 0 saturated carbocycles. The monoisotopic (exact) mass is 268 g/mol. The molecule has 0 fully saturated rings. The molecule has 20 heavy (non-hydrogen) atoms. The molecule has 1 aromatic heterocycles. The average Bonchev–Trinajstić information content (AvgIpc) is 2.47. The molecule has 0 atom stereocenters. The molecular formula is C15H16N4O. The number of nitrogen functional groups attached to an aromatic ring is 1. The summed E-state index contributed by atoms with van der Waals surface area (Å²) in [5.41, 5.74) is 8.01. The van der Waals surface area contributed by atoms with Crippen molar-refractivity contribution in [1.29, 1.82) is 5.26 Å². The predicted molar refractivity (Wildman–Crippen MR) is 78.5 cm³/mol. The predicted octanol–water partition coefficient (Wildman–Crippen LogP) is 2.18. The van der Waals surface area contributed by atoms with Crippen LogP contribution in [0.4, 0.5) is 11.5 Å². The second-order valence-electron chi connectivity index (χ2n) is 4.45. The van der Waals surface area contributed by atoms with Crippen LogP contribution in [0.5, 0.6) is 5.75 Å². The Morgan fingerprint density at radius 2 is 2.05 bits per heavy atom. The summed E-state index contributed by atoms with van der Waals surface area (Å²) in [7, 11) is 3.55. The maximum atomic E-state index is 8.81. The number of nitriles is 1. The molecule has 5 heteroatoms. The Morgan fingerprint density at radius 1 is 1.35 bits per heavy atom. The number of benzene rings is 1. The van der Waals surface area contributed by atoms with Crippen molar-refractivity contribution in [3.8, 4) is 11.8 Å². The van der Waals surface area contributed by atoms with E-state index >= 15 is 0 Å². The maximum Gasteiger partial charge on any atom is 0.151 e. The number of hydrogen-bond acceptors (Lipinski definition) is 5. The van der Waals surface area contributed by atoms with Gasteiger partial charge in [-0.25, -0.2) is 4.98 Å². The zero-order valence-electron chi connectivity index (χ0n) is 11.5. The van der Waals surface area contributed by atoms with Gasteiger partial charge in [0.25, 0.3) is 0 Å². The number of anilines is 2. The molecule has 0 aliphatic heterocycles. The van der Waals surface area contributed by atoms with Gasteiger partial charge in [-0.15, -0.1) is 0 Å². The number of hydrogen-bond donors (Lipinski definition) is 1. The van der Waals surface area contributed by atoms with Crippen LogP contribution in [0.15, 0.2) is 36.5 Å². The Labute approximate surface area is 118 Å². The second-order valence-corrected chi connectivity index (χ2v) is 4.45. The standard InChI is InChI=1S/C15H16N4O/c1-19(10-11-3-5-13(20-2)6-4-11)15-14(17)7-12(8-16)9-18-15/h3-7,9H,10,17H2,1-2H3. The highest BCUT2D eigenvalue weighted by Crippen LogP contribution is 2.22. The molecule has 5 nitrogen and oxygen atoms in total. The lowest BCUT2D eigenvalue weighted by Gasteiger charge is -2.20. The van der Waals surface area contributed by atoms with E-state index < -0.39 is 0 Å². The first kappa shape index (κ1) is 13.7. The lowest BCUT2D eigenvalue weighted by molar-refractivity contribution is 0.414. The first-order chi connectivity index (χ1) is 9.63. The van der Waals surface area contributed by atoms with Gasteiger partial charge in [0, 0.05) is 19.8 Å². The van der Waals surface area contributed by atoms with Crippen LogP contribution < -0.4 is 15.4 Å². The minimum Gasteiger partial charge on any atom is -0.497 e. The number of ether oxygens (including phenoxy) is 1. The Hall–Kier alpha value is -2.74. The molecule has 102 valence electrons. The minimum absolute atomic E-state index is 0.462. The van der Waals surface area contributed by atoms with Crippen LogP contribution in [-0.4, -0.2) is 19.1 Å². The summed E-state index contributed by atoms with van der Waals surface area (Å²) in [5.74, 6) is 1.49. The van der Waals surface area contributed by atoms with Gasteiger partial charge in [-0.2, -0.15) is 5.26 Å². The van der Waals surface area contributed by atoms with Crippen LogP contribution >= 0.6 is 0 Å². The lowest BCUT2D eigenvalue weighted by atomic mass is 10.2. The lowest BCUT2D eigenvalue weighted by Crippen LogP contribution is -2.19. The van der Waals surface area contributed by atoms with E-state index in [2.05, 4.69) is 4.98 Å². The van der Waals surface area contributed by atoms with Gasteiger partial charge in [-0.3, -0.25) is 0 Å². The van der Waals surface area contributed by atoms with E-state index in [-0.39, 0.29) is 0 Å². The summed E-state index contributed by atoms with van der Waals surface area (Å²) in [6, 6.07) is 11.5. The zero-order chi connectivity index (χ0) is 14.5. The van der Waals surface area contributed by atoms with Gasteiger partial charge < -0.3 is 15.4 Å². The number of methoxy groups -OCH3 is 1. The van der Waals surface area contributed by atoms with Gasteiger partial charge in [0.1, 0.15) is 11.8 Å². The molecule has 2 aromatic rings. The Balaban J connectivity index is 2.15. The SMILES string of the molecule is COc1ccc(CN(C)c2ncc(C#N)cc2N)cc1. The zero-order valence-corrected chi connectivity index (χ0v) is 11.5. The Kier molecular flexibility index (Phi) is 4.06. The van der Waals surface area contributed by atoms with Crippen molar-refractivity contribution >= 4 is 11.5 Å². The summed E-state index contributed by atoms with van der Waals surface area (Å²) in [4.78, 5) is 6.18. The van der Waals surface area contributed by atoms with E-state index in [1.807, 2.05) is 42.3 Å². The molecule has 0 saturated heterocycles. The van der Waals surface area contributed by atoms with E-state index in [0.29, 0.717) is 23.6 Å². The molecule has 0 aliphatic carbocycles. The fourth-order valence-corrected chi connectivity index (χ4v) is 1.93. The minimum atomic E-state index is 0.462. The third-order valence-corrected chi connectivity index (χ3v) is 2.96. The van der Waals surface area contributed by atoms with Crippen molar-refractivity contribution < 1.29 is 4.74 Å². The van der Waals surface area contributed by atoms with Crippen molar-refractivity contribution in [3.05, 3.63) is 47.7 Å². The molecule has 0 unspecified atom stereocenters. The maximum absolute atomic E-state index is 8.81. The number of rotatable bonds is 4. The first-order valence-corrected chi connectivity index (χ1v) is 6.13. The van der Waals surface area contributed by atoms with Crippen LogP contribution in [0.25, 0.3) is 0 Å². The largest absolute Gasteiger partial charge is 0.497 e. The molecule has 1 heterocycles. The highest BCUT2D eigenvalue weighted by Gasteiger charge is 2.08. The molecule has 0 spiro atoms. The molecule has 1 aromatic carbocycles. The molecule has 0 amide bonds. The number of nitrogens with zero attached hydrogens (tertiary/aromatic N) is 3. The Bertz CT molecular complexity index is 631. The quantitative estimate of drug-likeness (QED) is 0.919. The number of nitrogens with two attached hydrogens (primary N) is 1. The highest BCUT2D eigenvalue weighted by molar-refractivity contribution is 5.64. The van der Waals surface area contributed by atoms with Crippen molar-refractivity contribution in [2.75, 3.05) is 24.8 Å². The fourth-order valence-electron chi connectivity index (χ4n) is 1.93. The van der Waals surface area contributed by atoms with Crippen molar-refractivity contribution in [3.63, 3.8) is 0 Å².